The van der Waals surface area contributed by atoms with Gasteiger partial charge in [-0.1, -0.05) is 13.8 Å². The maximum Gasteiger partial charge on any atom is 0.303 e. The average molecular weight is 223 g/mol. The first-order chi connectivity index (χ1) is 6.91. The number of halogens is 2. The van der Waals surface area contributed by atoms with Crippen LogP contribution >= 0.6 is 0 Å². The monoisotopic (exact) mass is 223 g/mol. The maximum absolute atomic E-state index is 12.8. The number of carboxylic acid groups (broad SMARTS) is 1. The van der Waals surface area contributed by atoms with Crippen molar-refractivity contribution in [3.63, 3.8) is 0 Å². The fraction of sp³-hybridized carbons (Fsp3) is 0.900. The molecular weight excluding hydrogens is 204 g/mol. The topological polar surface area (TPSA) is 40.5 Å². The van der Waals surface area contributed by atoms with Crippen molar-refractivity contribution in [1.82, 2.24) is 4.90 Å². The van der Waals surface area contributed by atoms with Gasteiger partial charge in [-0.2, -0.15) is 0 Å². The Balaban J connectivity index is 0.000000921. The van der Waals surface area contributed by atoms with E-state index in [9.17, 15) is 13.6 Å². The molecular formula is C10H19F2NO2. The van der Waals surface area contributed by atoms with E-state index in [0.29, 0.717) is 6.42 Å². The minimum atomic E-state index is -2.64. The van der Waals surface area contributed by atoms with E-state index in [1.807, 2.05) is 13.8 Å². The van der Waals surface area contributed by atoms with Crippen LogP contribution in [0.5, 0.6) is 0 Å². The van der Waals surface area contributed by atoms with Gasteiger partial charge in [0.1, 0.15) is 0 Å². The summed E-state index contributed by atoms with van der Waals surface area (Å²) in [7, 11) is 1.60. The molecule has 0 amide bonds. The molecule has 0 spiro atoms. The molecule has 1 heterocycles. The smallest absolute Gasteiger partial charge is 0.303 e. The SMILES string of the molecule is CC.CN1CC(F)(F)CC1CCC(=O)O. The highest BCUT2D eigenvalue weighted by molar-refractivity contribution is 5.66. The first-order valence-corrected chi connectivity index (χ1v) is 5.20. The second-order valence-electron chi connectivity index (χ2n) is 3.56. The lowest BCUT2D eigenvalue weighted by molar-refractivity contribution is -0.137. The van der Waals surface area contributed by atoms with Gasteiger partial charge in [-0.15, -0.1) is 0 Å². The molecule has 1 saturated heterocycles. The molecule has 0 aliphatic carbocycles. The highest BCUT2D eigenvalue weighted by Crippen LogP contribution is 2.32. The van der Waals surface area contributed by atoms with Crippen LogP contribution in [0.2, 0.25) is 0 Å². The number of nitrogens with zero attached hydrogens (tertiary/aromatic N) is 1. The Kier molecular flexibility index (Phi) is 5.72. The molecule has 15 heavy (non-hydrogen) atoms. The first-order valence-electron chi connectivity index (χ1n) is 5.20. The average Bonchev–Trinajstić information content (AvgIpc) is 2.39. The summed E-state index contributed by atoms with van der Waals surface area (Å²) in [6.45, 7) is 3.75. The summed E-state index contributed by atoms with van der Waals surface area (Å²) in [5, 5.41) is 8.38. The zero-order valence-corrected chi connectivity index (χ0v) is 9.46. The molecule has 0 radical (unpaired) electrons. The molecule has 0 saturated carbocycles. The third-order valence-electron chi connectivity index (χ3n) is 2.33. The van der Waals surface area contributed by atoms with Gasteiger partial charge in [-0.05, 0) is 13.5 Å². The van der Waals surface area contributed by atoms with Gasteiger partial charge in [-0.3, -0.25) is 9.69 Å². The summed E-state index contributed by atoms with van der Waals surface area (Å²) < 4.78 is 25.6. The fourth-order valence-corrected chi connectivity index (χ4v) is 1.67. The van der Waals surface area contributed by atoms with E-state index in [1.54, 1.807) is 7.05 Å². The second-order valence-corrected chi connectivity index (χ2v) is 3.56. The number of hydrogen-bond donors (Lipinski definition) is 1. The maximum atomic E-state index is 12.8. The van der Waals surface area contributed by atoms with Gasteiger partial charge in [0.25, 0.3) is 5.92 Å². The van der Waals surface area contributed by atoms with Crippen molar-refractivity contribution in [3.8, 4) is 0 Å². The van der Waals surface area contributed by atoms with E-state index in [1.165, 1.54) is 4.90 Å². The highest BCUT2D eigenvalue weighted by atomic mass is 19.3. The third kappa shape index (κ3) is 5.06. The lowest BCUT2D eigenvalue weighted by Crippen LogP contribution is -2.26. The predicted molar refractivity (Wildman–Crippen MR) is 54.2 cm³/mol. The van der Waals surface area contributed by atoms with Crippen molar-refractivity contribution in [2.24, 2.45) is 0 Å². The Morgan fingerprint density at radius 1 is 1.53 bits per heavy atom. The van der Waals surface area contributed by atoms with E-state index in [-0.39, 0.29) is 25.4 Å². The molecule has 1 atom stereocenters. The third-order valence-corrected chi connectivity index (χ3v) is 2.33. The Labute approximate surface area is 89.1 Å². The zero-order valence-electron chi connectivity index (χ0n) is 9.46. The normalized spacial score (nSPS) is 24.5. The summed E-state index contributed by atoms with van der Waals surface area (Å²) in [6.07, 6.45) is 0.0588. The van der Waals surface area contributed by atoms with Crippen LogP contribution in [0, 0.1) is 0 Å². The predicted octanol–water partition coefficient (Wildman–Crippen LogP) is 2.22. The lowest BCUT2D eigenvalue weighted by Gasteiger charge is -2.16. The van der Waals surface area contributed by atoms with Gasteiger partial charge in [-0.25, -0.2) is 8.78 Å². The number of aliphatic carboxylic acids is 1. The molecule has 1 N–H and O–H groups in total. The van der Waals surface area contributed by atoms with Gasteiger partial charge in [0.05, 0.1) is 6.54 Å². The number of alkyl halides is 2. The van der Waals surface area contributed by atoms with Crippen molar-refractivity contribution < 1.29 is 18.7 Å². The summed E-state index contributed by atoms with van der Waals surface area (Å²) in [4.78, 5) is 11.7. The molecule has 0 bridgehead atoms. The molecule has 3 nitrogen and oxygen atoms in total. The largest absolute Gasteiger partial charge is 0.481 e. The zero-order chi connectivity index (χ0) is 12.1. The van der Waals surface area contributed by atoms with Crippen LogP contribution in [-0.2, 0) is 4.79 Å². The Morgan fingerprint density at radius 3 is 2.40 bits per heavy atom. The van der Waals surface area contributed by atoms with Crippen LogP contribution in [0.15, 0.2) is 0 Å². The van der Waals surface area contributed by atoms with Crippen molar-refractivity contribution in [1.29, 1.82) is 0 Å². The molecule has 5 heteroatoms. The quantitative estimate of drug-likeness (QED) is 0.797. The van der Waals surface area contributed by atoms with E-state index >= 15 is 0 Å². The van der Waals surface area contributed by atoms with Crippen molar-refractivity contribution in [2.75, 3.05) is 13.6 Å². The summed E-state index contributed by atoms with van der Waals surface area (Å²) in [5.74, 6) is -3.57. The van der Waals surface area contributed by atoms with Gasteiger partial charge in [0, 0.05) is 18.9 Å². The summed E-state index contributed by atoms with van der Waals surface area (Å²) in [6, 6.07) is -0.286. The van der Waals surface area contributed by atoms with E-state index < -0.39 is 11.9 Å². The van der Waals surface area contributed by atoms with Gasteiger partial charge < -0.3 is 5.11 Å². The summed E-state index contributed by atoms with van der Waals surface area (Å²) in [5.41, 5.74) is 0. The molecule has 1 rings (SSSR count). The standard InChI is InChI=1S/C8H13F2NO2.C2H6/c1-11-5-8(9,10)4-6(11)2-3-7(12)13;1-2/h6H,2-5H2,1H3,(H,12,13);1-2H3. The minimum absolute atomic E-state index is 0.0366. The van der Waals surface area contributed by atoms with Crippen LogP contribution < -0.4 is 0 Å². The highest BCUT2D eigenvalue weighted by Gasteiger charge is 2.42. The fourth-order valence-electron chi connectivity index (χ4n) is 1.67. The van der Waals surface area contributed by atoms with E-state index in [4.69, 9.17) is 5.11 Å². The summed E-state index contributed by atoms with van der Waals surface area (Å²) >= 11 is 0. The molecule has 1 fully saturated rings. The Morgan fingerprint density at radius 2 is 2.07 bits per heavy atom. The van der Waals surface area contributed by atoms with Crippen LogP contribution in [0.4, 0.5) is 8.78 Å². The minimum Gasteiger partial charge on any atom is -0.481 e. The van der Waals surface area contributed by atoms with E-state index in [0.717, 1.165) is 0 Å². The molecule has 1 aliphatic rings. The van der Waals surface area contributed by atoms with Crippen LogP contribution in [0.3, 0.4) is 0 Å². The van der Waals surface area contributed by atoms with Gasteiger partial charge in [0.2, 0.25) is 0 Å². The van der Waals surface area contributed by atoms with Gasteiger partial charge >= 0.3 is 5.97 Å². The molecule has 1 unspecified atom stereocenters. The lowest BCUT2D eigenvalue weighted by atomic mass is 10.1. The van der Waals surface area contributed by atoms with Crippen molar-refractivity contribution in [3.05, 3.63) is 0 Å². The van der Waals surface area contributed by atoms with Gasteiger partial charge in [0.15, 0.2) is 0 Å². The Bertz CT molecular complexity index is 210. The number of hydrogen-bond acceptors (Lipinski definition) is 2. The van der Waals surface area contributed by atoms with Crippen molar-refractivity contribution >= 4 is 5.97 Å². The number of carbonyl (C=O) groups is 1. The van der Waals surface area contributed by atoms with E-state index in [2.05, 4.69) is 0 Å². The molecule has 90 valence electrons. The van der Waals surface area contributed by atoms with Crippen LogP contribution in [0.1, 0.15) is 33.1 Å². The molecule has 0 aromatic rings. The molecule has 1 aliphatic heterocycles. The first kappa shape index (κ1) is 14.3. The molecule has 0 aromatic heterocycles. The van der Waals surface area contributed by atoms with Crippen LogP contribution in [-0.4, -0.2) is 41.5 Å². The second kappa shape index (κ2) is 6.00. The number of rotatable bonds is 3. The Hall–Kier alpha value is -0.710. The number of likely N-dealkylation sites (tertiary alicyclic amines) is 1. The van der Waals surface area contributed by atoms with Crippen LogP contribution in [0.25, 0.3) is 0 Å². The molecule has 0 aromatic carbocycles. The number of carboxylic acids is 1. The van der Waals surface area contributed by atoms with Crippen molar-refractivity contribution in [2.45, 2.75) is 45.1 Å².